The molecule has 1 aromatic rings. The lowest BCUT2D eigenvalue weighted by molar-refractivity contribution is 0.0963. The minimum absolute atomic E-state index is 0.147. The quantitative estimate of drug-likeness (QED) is 0.777. The van der Waals surface area contributed by atoms with Crippen molar-refractivity contribution < 1.29 is 4.79 Å². The van der Waals surface area contributed by atoms with Gasteiger partial charge in [0.15, 0.2) is 0 Å². The van der Waals surface area contributed by atoms with E-state index in [1.54, 1.807) is 25.2 Å². The van der Waals surface area contributed by atoms with E-state index in [0.717, 1.165) is 12.2 Å². The van der Waals surface area contributed by atoms with Crippen LogP contribution in [0.5, 0.6) is 0 Å². The van der Waals surface area contributed by atoms with Crippen molar-refractivity contribution in [2.24, 2.45) is 5.92 Å². The second-order valence-corrected chi connectivity index (χ2v) is 5.10. The van der Waals surface area contributed by atoms with E-state index in [1.165, 1.54) is 0 Å². The maximum Gasteiger partial charge on any atom is 0.253 e. The highest BCUT2D eigenvalue weighted by molar-refractivity contribution is 6.00. The molecular weight excluding hydrogens is 252 g/mol. The summed E-state index contributed by atoms with van der Waals surface area (Å²) in [5.74, 6) is 0.276. The number of carbonyl (C=O) groups excluding carboxylic acids is 1. The highest BCUT2D eigenvalue weighted by atomic mass is 16.1. The van der Waals surface area contributed by atoms with Crippen LogP contribution in [0.2, 0.25) is 0 Å². The summed E-state index contributed by atoms with van der Waals surface area (Å²) in [4.78, 5) is 14.0. The zero-order chi connectivity index (χ0) is 15.1. The van der Waals surface area contributed by atoms with Gasteiger partial charge in [0.05, 0.1) is 23.7 Å². The van der Waals surface area contributed by atoms with Gasteiger partial charge in [-0.1, -0.05) is 13.8 Å². The zero-order valence-corrected chi connectivity index (χ0v) is 12.3. The van der Waals surface area contributed by atoms with Crippen molar-refractivity contribution in [1.29, 1.82) is 5.26 Å². The number of benzene rings is 1. The maximum absolute atomic E-state index is 12.0. The third-order valence-electron chi connectivity index (χ3n) is 2.91. The second kappa shape index (κ2) is 7.39. The third kappa shape index (κ3) is 4.16. The molecule has 1 amide bonds. The van der Waals surface area contributed by atoms with Gasteiger partial charge in [-0.3, -0.25) is 4.79 Å². The number of nitrogens with two attached hydrogens (primary N) is 1. The van der Waals surface area contributed by atoms with Gasteiger partial charge < -0.3 is 16.0 Å². The standard InChI is InChI=1S/C15H22N4O/c1-11(2)10-19(8-4-7-16)14-9-12(17)5-6-13(14)15(20)18-3/h5-6,9,11H,4,8,10,17H2,1-3H3,(H,18,20). The van der Waals surface area contributed by atoms with Crippen molar-refractivity contribution in [3.8, 4) is 6.07 Å². The summed E-state index contributed by atoms with van der Waals surface area (Å²) in [6, 6.07) is 7.38. The molecule has 0 bridgehead atoms. The maximum atomic E-state index is 12.0. The predicted molar refractivity (Wildman–Crippen MR) is 81.5 cm³/mol. The largest absolute Gasteiger partial charge is 0.399 e. The van der Waals surface area contributed by atoms with Crippen LogP contribution in [-0.4, -0.2) is 26.0 Å². The Morgan fingerprint density at radius 2 is 2.20 bits per heavy atom. The summed E-state index contributed by atoms with van der Waals surface area (Å²) in [6.45, 7) is 5.56. The van der Waals surface area contributed by atoms with Crippen LogP contribution in [-0.2, 0) is 0 Å². The molecule has 0 saturated heterocycles. The molecule has 0 atom stereocenters. The van der Waals surface area contributed by atoms with Crippen LogP contribution in [0.3, 0.4) is 0 Å². The average molecular weight is 274 g/mol. The Bertz CT molecular complexity index is 505. The summed E-state index contributed by atoms with van der Waals surface area (Å²) >= 11 is 0. The molecule has 0 saturated carbocycles. The fourth-order valence-corrected chi connectivity index (χ4v) is 2.07. The topological polar surface area (TPSA) is 82.2 Å². The molecule has 1 rings (SSSR count). The van der Waals surface area contributed by atoms with Crippen LogP contribution in [0.15, 0.2) is 18.2 Å². The van der Waals surface area contributed by atoms with E-state index in [4.69, 9.17) is 11.0 Å². The molecular formula is C15H22N4O. The Kier molecular flexibility index (Phi) is 5.85. The molecule has 0 aliphatic carbocycles. The first-order valence-corrected chi connectivity index (χ1v) is 6.73. The van der Waals surface area contributed by atoms with E-state index in [9.17, 15) is 4.79 Å². The van der Waals surface area contributed by atoms with Crippen LogP contribution in [0.1, 0.15) is 30.6 Å². The number of hydrogen-bond donors (Lipinski definition) is 2. The molecule has 3 N–H and O–H groups in total. The Morgan fingerprint density at radius 1 is 1.50 bits per heavy atom. The van der Waals surface area contributed by atoms with E-state index < -0.39 is 0 Å². The van der Waals surface area contributed by atoms with Crippen molar-refractivity contribution in [3.05, 3.63) is 23.8 Å². The van der Waals surface area contributed by atoms with Gasteiger partial charge in [0, 0.05) is 25.8 Å². The van der Waals surface area contributed by atoms with Crippen LogP contribution in [0.25, 0.3) is 0 Å². The molecule has 108 valence electrons. The van der Waals surface area contributed by atoms with Crippen molar-refractivity contribution in [2.45, 2.75) is 20.3 Å². The van der Waals surface area contributed by atoms with E-state index >= 15 is 0 Å². The van der Waals surface area contributed by atoms with E-state index in [2.05, 4.69) is 30.1 Å². The van der Waals surface area contributed by atoms with Crippen molar-refractivity contribution in [1.82, 2.24) is 5.32 Å². The first kappa shape index (κ1) is 15.8. The van der Waals surface area contributed by atoms with Crippen LogP contribution < -0.4 is 16.0 Å². The lowest BCUT2D eigenvalue weighted by Gasteiger charge is -2.28. The number of nitrogen functional groups attached to an aromatic ring is 1. The van der Waals surface area contributed by atoms with Gasteiger partial charge in [0.25, 0.3) is 5.91 Å². The van der Waals surface area contributed by atoms with E-state index in [0.29, 0.717) is 30.1 Å². The van der Waals surface area contributed by atoms with Gasteiger partial charge in [-0.25, -0.2) is 0 Å². The fourth-order valence-electron chi connectivity index (χ4n) is 2.07. The summed E-state index contributed by atoms with van der Waals surface area (Å²) in [5.41, 5.74) is 7.82. The molecule has 0 aromatic heterocycles. The predicted octanol–water partition coefficient (Wildman–Crippen LogP) is 2.00. The number of amides is 1. The first-order chi connectivity index (χ1) is 9.49. The number of anilines is 2. The normalized spacial score (nSPS) is 10.2. The minimum atomic E-state index is -0.147. The molecule has 0 spiro atoms. The average Bonchev–Trinajstić information content (AvgIpc) is 2.42. The summed E-state index contributed by atoms with van der Waals surface area (Å²) in [6.07, 6.45) is 0.411. The molecule has 20 heavy (non-hydrogen) atoms. The smallest absolute Gasteiger partial charge is 0.253 e. The SMILES string of the molecule is CNC(=O)c1ccc(N)cc1N(CCC#N)CC(C)C. The van der Waals surface area contributed by atoms with E-state index in [1.807, 2.05) is 0 Å². The molecule has 5 heteroatoms. The molecule has 5 nitrogen and oxygen atoms in total. The molecule has 0 radical (unpaired) electrons. The van der Waals surface area contributed by atoms with Gasteiger partial charge in [-0.05, 0) is 24.1 Å². The Labute approximate surface area is 120 Å². The lowest BCUT2D eigenvalue weighted by atomic mass is 10.1. The highest BCUT2D eigenvalue weighted by Gasteiger charge is 2.17. The van der Waals surface area contributed by atoms with Crippen LogP contribution >= 0.6 is 0 Å². The molecule has 0 aliphatic rings. The van der Waals surface area contributed by atoms with Crippen molar-refractivity contribution >= 4 is 17.3 Å². The first-order valence-electron chi connectivity index (χ1n) is 6.73. The third-order valence-corrected chi connectivity index (χ3v) is 2.91. The Balaban J connectivity index is 3.18. The van der Waals surface area contributed by atoms with Gasteiger partial charge in [0.1, 0.15) is 0 Å². The molecule has 1 aromatic carbocycles. The van der Waals surface area contributed by atoms with Crippen molar-refractivity contribution in [3.63, 3.8) is 0 Å². The highest BCUT2D eigenvalue weighted by Crippen LogP contribution is 2.25. The monoisotopic (exact) mass is 274 g/mol. The van der Waals surface area contributed by atoms with Gasteiger partial charge in [-0.15, -0.1) is 0 Å². The molecule has 0 unspecified atom stereocenters. The molecule has 0 heterocycles. The van der Waals surface area contributed by atoms with Gasteiger partial charge in [-0.2, -0.15) is 5.26 Å². The Hall–Kier alpha value is -2.22. The summed E-state index contributed by atoms with van der Waals surface area (Å²) in [7, 11) is 1.60. The fraction of sp³-hybridized carbons (Fsp3) is 0.467. The van der Waals surface area contributed by atoms with Crippen molar-refractivity contribution in [2.75, 3.05) is 30.8 Å². The van der Waals surface area contributed by atoms with E-state index in [-0.39, 0.29) is 5.91 Å². The number of nitrogens with zero attached hydrogens (tertiary/aromatic N) is 2. The van der Waals surface area contributed by atoms with Gasteiger partial charge in [0.2, 0.25) is 0 Å². The Morgan fingerprint density at radius 3 is 2.75 bits per heavy atom. The zero-order valence-electron chi connectivity index (χ0n) is 12.3. The van der Waals surface area contributed by atoms with Gasteiger partial charge >= 0.3 is 0 Å². The lowest BCUT2D eigenvalue weighted by Crippen LogP contribution is -2.31. The summed E-state index contributed by atoms with van der Waals surface area (Å²) < 4.78 is 0. The number of nitrogens with one attached hydrogen (secondary N) is 1. The second-order valence-electron chi connectivity index (χ2n) is 5.10. The number of hydrogen-bond acceptors (Lipinski definition) is 4. The molecule has 0 fully saturated rings. The number of carbonyl (C=O) groups is 1. The van der Waals surface area contributed by atoms with Crippen LogP contribution in [0.4, 0.5) is 11.4 Å². The minimum Gasteiger partial charge on any atom is -0.399 e. The molecule has 0 aliphatic heterocycles. The van der Waals surface area contributed by atoms with Crippen LogP contribution in [0, 0.1) is 17.2 Å². The number of rotatable bonds is 6. The summed E-state index contributed by atoms with van der Waals surface area (Å²) in [5, 5.41) is 11.4. The number of nitriles is 1.